The summed E-state index contributed by atoms with van der Waals surface area (Å²) < 4.78 is 20.2. The highest BCUT2D eigenvalue weighted by Crippen LogP contribution is 2.29. The third-order valence-electron chi connectivity index (χ3n) is 4.56. The van der Waals surface area contributed by atoms with Gasteiger partial charge in [0.2, 0.25) is 0 Å². The third-order valence-corrected chi connectivity index (χ3v) is 4.56. The average molecular weight is 380 g/mol. The van der Waals surface area contributed by atoms with Crippen molar-refractivity contribution in [3.05, 3.63) is 23.8 Å². The Hall–Kier alpha value is -2.32. The SMILES string of the molecule is CNC1CCN(Cc2ccc(OCC(=O)OC)c(OCC(=O)OC)c2)CC1. The fourth-order valence-electron chi connectivity index (χ4n) is 2.91. The maximum atomic E-state index is 11.4. The summed E-state index contributed by atoms with van der Waals surface area (Å²) >= 11 is 0. The zero-order chi connectivity index (χ0) is 19.6. The van der Waals surface area contributed by atoms with E-state index in [1.807, 2.05) is 19.2 Å². The van der Waals surface area contributed by atoms with Gasteiger partial charge in [-0.2, -0.15) is 0 Å². The number of rotatable bonds is 9. The van der Waals surface area contributed by atoms with Gasteiger partial charge in [0.1, 0.15) is 0 Å². The molecular weight excluding hydrogens is 352 g/mol. The molecule has 2 rings (SSSR count). The molecule has 0 radical (unpaired) electrons. The fourth-order valence-corrected chi connectivity index (χ4v) is 2.91. The van der Waals surface area contributed by atoms with Crippen molar-refractivity contribution in [3.63, 3.8) is 0 Å². The van der Waals surface area contributed by atoms with Crippen molar-refractivity contribution in [2.45, 2.75) is 25.4 Å². The van der Waals surface area contributed by atoms with Crippen molar-refractivity contribution in [2.24, 2.45) is 0 Å². The predicted molar refractivity (Wildman–Crippen MR) is 98.8 cm³/mol. The second kappa shape index (κ2) is 10.7. The van der Waals surface area contributed by atoms with E-state index in [2.05, 4.69) is 19.7 Å². The normalized spacial score (nSPS) is 15.2. The van der Waals surface area contributed by atoms with Crippen LogP contribution in [0.3, 0.4) is 0 Å². The molecule has 0 bridgehead atoms. The van der Waals surface area contributed by atoms with Gasteiger partial charge in [0.15, 0.2) is 24.7 Å². The van der Waals surface area contributed by atoms with E-state index in [9.17, 15) is 9.59 Å². The largest absolute Gasteiger partial charge is 0.478 e. The Kier molecular flexibility index (Phi) is 8.35. The minimum Gasteiger partial charge on any atom is -0.478 e. The fraction of sp³-hybridized carbons (Fsp3) is 0.579. The van der Waals surface area contributed by atoms with Crippen molar-refractivity contribution in [1.82, 2.24) is 10.2 Å². The quantitative estimate of drug-likeness (QED) is 0.635. The molecule has 150 valence electrons. The molecule has 8 nitrogen and oxygen atoms in total. The zero-order valence-corrected chi connectivity index (χ0v) is 16.2. The maximum Gasteiger partial charge on any atom is 0.343 e. The highest BCUT2D eigenvalue weighted by molar-refractivity contribution is 5.71. The van der Waals surface area contributed by atoms with E-state index in [0.29, 0.717) is 17.5 Å². The van der Waals surface area contributed by atoms with E-state index in [4.69, 9.17) is 9.47 Å². The summed E-state index contributed by atoms with van der Waals surface area (Å²) in [4.78, 5) is 25.1. The number of esters is 2. The van der Waals surface area contributed by atoms with Crippen LogP contribution < -0.4 is 14.8 Å². The number of hydrogen-bond acceptors (Lipinski definition) is 8. The maximum absolute atomic E-state index is 11.4. The number of carbonyl (C=O) groups is 2. The summed E-state index contributed by atoms with van der Waals surface area (Å²) in [6.45, 7) is 2.35. The predicted octanol–water partition coefficient (Wildman–Crippen LogP) is 0.974. The van der Waals surface area contributed by atoms with Gasteiger partial charge in [-0.25, -0.2) is 9.59 Å². The average Bonchev–Trinajstić information content (AvgIpc) is 2.71. The smallest absolute Gasteiger partial charge is 0.343 e. The molecule has 1 saturated heterocycles. The van der Waals surface area contributed by atoms with Crippen LogP contribution in [0.2, 0.25) is 0 Å². The van der Waals surface area contributed by atoms with Gasteiger partial charge in [-0.3, -0.25) is 4.90 Å². The molecular formula is C19H28N2O6. The van der Waals surface area contributed by atoms with E-state index < -0.39 is 11.9 Å². The number of piperidine rings is 1. The Labute approximate surface area is 159 Å². The first-order valence-electron chi connectivity index (χ1n) is 8.97. The molecule has 1 fully saturated rings. The molecule has 0 spiro atoms. The second-order valence-electron chi connectivity index (χ2n) is 6.35. The van der Waals surface area contributed by atoms with Crippen LogP contribution in [0.25, 0.3) is 0 Å². The summed E-state index contributed by atoms with van der Waals surface area (Å²) in [7, 11) is 4.59. The van der Waals surface area contributed by atoms with Crippen molar-refractivity contribution in [3.8, 4) is 11.5 Å². The Bertz CT molecular complexity index is 629. The highest BCUT2D eigenvalue weighted by Gasteiger charge is 2.19. The van der Waals surface area contributed by atoms with Crippen LogP contribution in [0.1, 0.15) is 18.4 Å². The van der Waals surface area contributed by atoms with Crippen LogP contribution in [0, 0.1) is 0 Å². The third kappa shape index (κ3) is 6.73. The lowest BCUT2D eigenvalue weighted by Gasteiger charge is -2.31. The van der Waals surface area contributed by atoms with Gasteiger partial charge in [0.05, 0.1) is 14.2 Å². The van der Waals surface area contributed by atoms with Crippen molar-refractivity contribution in [2.75, 3.05) is 47.6 Å². The number of carbonyl (C=O) groups excluding carboxylic acids is 2. The second-order valence-corrected chi connectivity index (χ2v) is 6.35. The van der Waals surface area contributed by atoms with Gasteiger partial charge in [-0.1, -0.05) is 6.07 Å². The van der Waals surface area contributed by atoms with Gasteiger partial charge in [0.25, 0.3) is 0 Å². The summed E-state index contributed by atoms with van der Waals surface area (Å²) in [5.74, 6) is -0.215. The molecule has 1 aliphatic rings. The lowest BCUT2D eigenvalue weighted by molar-refractivity contribution is -0.144. The van der Waals surface area contributed by atoms with E-state index in [1.54, 1.807) is 6.07 Å². The first kappa shape index (κ1) is 21.0. The lowest BCUT2D eigenvalue weighted by Crippen LogP contribution is -2.40. The standard InChI is InChI=1S/C19H28N2O6/c1-20-15-6-8-21(9-7-15)11-14-4-5-16(26-12-18(22)24-2)17(10-14)27-13-19(23)25-3/h4-5,10,15,20H,6-9,11-13H2,1-3H3. The molecule has 1 aliphatic heterocycles. The molecule has 0 aliphatic carbocycles. The molecule has 8 heteroatoms. The number of likely N-dealkylation sites (tertiary alicyclic amines) is 1. The van der Waals surface area contributed by atoms with Crippen LogP contribution in [-0.4, -0.2) is 70.5 Å². The molecule has 1 N–H and O–H groups in total. The Morgan fingerprint density at radius 3 is 2.19 bits per heavy atom. The Balaban J connectivity index is 2.04. The first-order valence-corrected chi connectivity index (χ1v) is 8.97. The van der Waals surface area contributed by atoms with E-state index in [-0.39, 0.29) is 13.2 Å². The topological polar surface area (TPSA) is 86.3 Å². The first-order chi connectivity index (χ1) is 13.0. The molecule has 1 aromatic rings. The summed E-state index contributed by atoms with van der Waals surface area (Å²) in [6, 6.07) is 6.08. The van der Waals surface area contributed by atoms with Crippen molar-refractivity contribution in [1.29, 1.82) is 0 Å². The van der Waals surface area contributed by atoms with Gasteiger partial charge < -0.3 is 24.3 Å². The molecule has 0 amide bonds. The molecule has 0 unspecified atom stereocenters. The number of methoxy groups -OCH3 is 2. The van der Waals surface area contributed by atoms with Gasteiger partial charge in [-0.05, 0) is 50.7 Å². The van der Waals surface area contributed by atoms with Crippen molar-refractivity contribution < 1.29 is 28.5 Å². The molecule has 0 aromatic heterocycles. The lowest BCUT2D eigenvalue weighted by atomic mass is 10.0. The summed E-state index contributed by atoms with van der Waals surface area (Å²) in [6.07, 6.45) is 2.23. The molecule has 27 heavy (non-hydrogen) atoms. The van der Waals surface area contributed by atoms with Gasteiger partial charge >= 0.3 is 11.9 Å². The van der Waals surface area contributed by atoms with Crippen molar-refractivity contribution >= 4 is 11.9 Å². The van der Waals surface area contributed by atoms with Gasteiger partial charge in [-0.15, -0.1) is 0 Å². The molecule has 0 atom stereocenters. The van der Waals surface area contributed by atoms with Crippen LogP contribution in [0.5, 0.6) is 11.5 Å². The molecule has 0 saturated carbocycles. The number of nitrogens with zero attached hydrogens (tertiary/aromatic N) is 1. The zero-order valence-electron chi connectivity index (χ0n) is 16.2. The Morgan fingerprint density at radius 2 is 1.63 bits per heavy atom. The molecule has 1 aromatic carbocycles. The van der Waals surface area contributed by atoms with E-state index in [1.165, 1.54) is 14.2 Å². The van der Waals surface area contributed by atoms with E-state index >= 15 is 0 Å². The number of benzene rings is 1. The number of ether oxygens (including phenoxy) is 4. The number of nitrogens with one attached hydrogen (secondary N) is 1. The van der Waals surface area contributed by atoms with Crippen LogP contribution in [0.15, 0.2) is 18.2 Å². The molecule has 1 heterocycles. The monoisotopic (exact) mass is 380 g/mol. The van der Waals surface area contributed by atoms with E-state index in [0.717, 1.165) is 38.0 Å². The summed E-state index contributed by atoms with van der Waals surface area (Å²) in [5, 5.41) is 3.32. The minimum absolute atomic E-state index is 0.234. The Morgan fingerprint density at radius 1 is 1.04 bits per heavy atom. The van der Waals surface area contributed by atoms with Crippen LogP contribution >= 0.6 is 0 Å². The summed E-state index contributed by atoms with van der Waals surface area (Å²) in [5.41, 5.74) is 1.04. The number of hydrogen-bond donors (Lipinski definition) is 1. The van der Waals surface area contributed by atoms with Crippen LogP contribution in [0.4, 0.5) is 0 Å². The minimum atomic E-state index is -0.495. The highest BCUT2D eigenvalue weighted by atomic mass is 16.6. The van der Waals surface area contributed by atoms with Crippen LogP contribution in [-0.2, 0) is 25.6 Å². The van der Waals surface area contributed by atoms with Gasteiger partial charge in [0, 0.05) is 12.6 Å².